The second-order valence-electron chi connectivity index (χ2n) is 6.92. The van der Waals surface area contributed by atoms with E-state index in [1.807, 2.05) is 0 Å². The van der Waals surface area contributed by atoms with Crippen LogP contribution in [0.25, 0.3) is 0 Å². The molecule has 5 nitrogen and oxygen atoms in total. The van der Waals surface area contributed by atoms with Crippen molar-refractivity contribution < 1.29 is 22.8 Å². The minimum atomic E-state index is -4.41. The van der Waals surface area contributed by atoms with Crippen LogP contribution in [0.1, 0.15) is 32.1 Å². The SMILES string of the molecule is Cl.O=C1C(NC(=O)[C@@]23CCCC[C@H]2CNC3)CCN1CC(F)(F)F. The van der Waals surface area contributed by atoms with Gasteiger partial charge in [-0.1, -0.05) is 12.8 Å². The van der Waals surface area contributed by atoms with Gasteiger partial charge in [-0.25, -0.2) is 0 Å². The van der Waals surface area contributed by atoms with Crippen LogP contribution in [0.3, 0.4) is 0 Å². The van der Waals surface area contributed by atoms with Crippen LogP contribution < -0.4 is 10.6 Å². The number of hydrogen-bond acceptors (Lipinski definition) is 3. The third kappa shape index (κ3) is 3.64. The van der Waals surface area contributed by atoms with Crippen molar-refractivity contribution in [1.29, 1.82) is 0 Å². The molecule has 9 heteroatoms. The van der Waals surface area contributed by atoms with Gasteiger partial charge in [0.15, 0.2) is 0 Å². The van der Waals surface area contributed by atoms with Crippen molar-refractivity contribution in [2.45, 2.75) is 44.3 Å². The first kappa shape index (κ1) is 19.3. The Morgan fingerprint density at radius 1 is 1.33 bits per heavy atom. The van der Waals surface area contributed by atoms with E-state index in [4.69, 9.17) is 0 Å². The van der Waals surface area contributed by atoms with Crippen molar-refractivity contribution in [1.82, 2.24) is 15.5 Å². The monoisotopic (exact) mass is 369 g/mol. The molecule has 0 aromatic carbocycles. The van der Waals surface area contributed by atoms with Crippen LogP contribution in [-0.4, -0.2) is 55.1 Å². The number of carbonyl (C=O) groups is 2. The van der Waals surface area contributed by atoms with Crippen LogP contribution in [0.5, 0.6) is 0 Å². The molecular formula is C15H23ClF3N3O2. The number of alkyl halides is 3. The van der Waals surface area contributed by atoms with Gasteiger partial charge < -0.3 is 15.5 Å². The van der Waals surface area contributed by atoms with Crippen molar-refractivity contribution in [3.8, 4) is 0 Å². The highest BCUT2D eigenvalue weighted by Crippen LogP contribution is 2.44. The van der Waals surface area contributed by atoms with Crippen molar-refractivity contribution in [3.05, 3.63) is 0 Å². The Hall–Kier alpha value is -1.02. The maximum Gasteiger partial charge on any atom is 0.406 e. The van der Waals surface area contributed by atoms with Crippen LogP contribution in [0.4, 0.5) is 13.2 Å². The Bertz CT molecular complexity index is 503. The minimum Gasteiger partial charge on any atom is -0.344 e. The van der Waals surface area contributed by atoms with Crippen LogP contribution in [-0.2, 0) is 9.59 Å². The van der Waals surface area contributed by atoms with Crippen molar-refractivity contribution >= 4 is 24.2 Å². The molecular weight excluding hydrogens is 347 g/mol. The van der Waals surface area contributed by atoms with Crippen LogP contribution in [0.2, 0.25) is 0 Å². The Morgan fingerprint density at radius 3 is 2.79 bits per heavy atom. The fraction of sp³-hybridized carbons (Fsp3) is 0.867. The predicted molar refractivity (Wildman–Crippen MR) is 83.7 cm³/mol. The lowest BCUT2D eigenvalue weighted by Gasteiger charge is -2.37. The van der Waals surface area contributed by atoms with E-state index in [-0.39, 0.29) is 37.2 Å². The molecule has 0 radical (unpaired) electrons. The fourth-order valence-corrected chi connectivity index (χ4v) is 4.24. The van der Waals surface area contributed by atoms with Crippen LogP contribution >= 0.6 is 12.4 Å². The molecule has 2 N–H and O–H groups in total. The van der Waals surface area contributed by atoms with Gasteiger partial charge in [-0.05, 0) is 31.7 Å². The van der Waals surface area contributed by atoms with Gasteiger partial charge in [-0.15, -0.1) is 12.4 Å². The molecule has 2 saturated heterocycles. The van der Waals surface area contributed by atoms with E-state index in [1.54, 1.807) is 0 Å². The average molecular weight is 370 g/mol. The first-order chi connectivity index (χ1) is 10.8. The minimum absolute atomic E-state index is 0. The summed E-state index contributed by atoms with van der Waals surface area (Å²) >= 11 is 0. The van der Waals surface area contributed by atoms with Crippen molar-refractivity contribution in [2.75, 3.05) is 26.2 Å². The average Bonchev–Trinajstić information content (AvgIpc) is 3.05. The number of likely N-dealkylation sites (tertiary alicyclic amines) is 1. The van der Waals surface area contributed by atoms with E-state index < -0.39 is 30.1 Å². The zero-order valence-electron chi connectivity index (χ0n) is 13.3. The molecule has 24 heavy (non-hydrogen) atoms. The first-order valence-corrected chi connectivity index (χ1v) is 8.19. The maximum atomic E-state index is 12.8. The smallest absolute Gasteiger partial charge is 0.344 e. The molecule has 0 aromatic heterocycles. The van der Waals surface area contributed by atoms with Gasteiger partial charge in [0.25, 0.3) is 0 Å². The van der Waals surface area contributed by atoms with E-state index in [9.17, 15) is 22.8 Å². The number of carbonyl (C=O) groups excluding carboxylic acids is 2. The molecule has 0 bridgehead atoms. The summed E-state index contributed by atoms with van der Waals surface area (Å²) < 4.78 is 37.3. The number of halogens is 4. The lowest BCUT2D eigenvalue weighted by atomic mass is 9.67. The molecule has 3 rings (SSSR count). The Morgan fingerprint density at radius 2 is 2.08 bits per heavy atom. The highest BCUT2D eigenvalue weighted by molar-refractivity contribution is 5.91. The summed E-state index contributed by atoms with van der Waals surface area (Å²) in [5.74, 6) is -0.524. The molecule has 1 unspecified atom stereocenters. The lowest BCUT2D eigenvalue weighted by Crippen LogP contribution is -2.52. The van der Waals surface area contributed by atoms with Gasteiger partial charge in [-0.3, -0.25) is 9.59 Å². The van der Waals surface area contributed by atoms with E-state index in [2.05, 4.69) is 10.6 Å². The highest BCUT2D eigenvalue weighted by Gasteiger charge is 2.51. The topological polar surface area (TPSA) is 61.4 Å². The van der Waals surface area contributed by atoms with Crippen LogP contribution in [0.15, 0.2) is 0 Å². The molecule has 3 atom stereocenters. The van der Waals surface area contributed by atoms with Crippen molar-refractivity contribution in [2.24, 2.45) is 11.3 Å². The highest BCUT2D eigenvalue weighted by atomic mass is 35.5. The summed E-state index contributed by atoms with van der Waals surface area (Å²) in [5, 5.41) is 6.00. The van der Waals surface area contributed by atoms with E-state index in [0.29, 0.717) is 6.54 Å². The molecule has 1 saturated carbocycles. The van der Waals surface area contributed by atoms with Gasteiger partial charge in [0.05, 0.1) is 5.41 Å². The van der Waals surface area contributed by atoms with E-state index >= 15 is 0 Å². The summed E-state index contributed by atoms with van der Waals surface area (Å²) in [6.07, 6.45) is -0.317. The van der Waals surface area contributed by atoms with Gasteiger partial charge in [0.2, 0.25) is 11.8 Å². The second-order valence-corrected chi connectivity index (χ2v) is 6.92. The van der Waals surface area contributed by atoms with Gasteiger partial charge >= 0.3 is 6.18 Å². The number of amides is 2. The molecule has 1 aliphatic carbocycles. The standard InChI is InChI=1S/C15H22F3N3O2.ClH/c16-15(17,18)9-21-6-4-11(12(21)22)20-13(23)14-5-2-1-3-10(14)7-19-8-14;/h10-11,19H,1-9H2,(H,20,23);1H/t10-,11?,14+;/m0./s1. The number of hydrogen-bond donors (Lipinski definition) is 2. The van der Waals surface area contributed by atoms with Gasteiger partial charge in [0, 0.05) is 13.1 Å². The molecule has 3 fully saturated rings. The second kappa shape index (κ2) is 7.07. The molecule has 2 amide bonds. The maximum absolute atomic E-state index is 12.8. The van der Waals surface area contributed by atoms with E-state index in [1.165, 1.54) is 0 Å². The van der Waals surface area contributed by atoms with Crippen LogP contribution in [0, 0.1) is 11.3 Å². The number of fused-ring (bicyclic) bond motifs is 1. The molecule has 2 aliphatic heterocycles. The first-order valence-electron chi connectivity index (χ1n) is 8.19. The quantitative estimate of drug-likeness (QED) is 0.792. The largest absolute Gasteiger partial charge is 0.406 e. The van der Waals surface area contributed by atoms with Gasteiger partial charge in [-0.2, -0.15) is 13.2 Å². The zero-order valence-corrected chi connectivity index (χ0v) is 14.1. The summed E-state index contributed by atoms with van der Waals surface area (Å²) in [5.41, 5.74) is -0.490. The molecule has 0 spiro atoms. The number of nitrogens with zero attached hydrogens (tertiary/aromatic N) is 1. The van der Waals surface area contributed by atoms with Gasteiger partial charge in [0.1, 0.15) is 12.6 Å². The molecule has 138 valence electrons. The number of rotatable bonds is 3. The summed E-state index contributed by atoms with van der Waals surface area (Å²) in [7, 11) is 0. The lowest BCUT2D eigenvalue weighted by molar-refractivity contribution is -0.158. The Kier molecular flexibility index (Phi) is 5.69. The normalized spacial score (nSPS) is 33.1. The Balaban J connectivity index is 0.00000208. The Labute approximate surface area is 145 Å². The molecule has 2 heterocycles. The summed E-state index contributed by atoms with van der Waals surface area (Å²) in [4.78, 5) is 25.6. The third-order valence-electron chi connectivity index (χ3n) is 5.46. The fourth-order valence-electron chi connectivity index (χ4n) is 4.24. The van der Waals surface area contributed by atoms with Crippen molar-refractivity contribution in [3.63, 3.8) is 0 Å². The third-order valence-corrected chi connectivity index (χ3v) is 5.46. The zero-order chi connectivity index (χ0) is 16.7. The number of nitrogens with one attached hydrogen (secondary N) is 2. The summed E-state index contributed by atoms with van der Waals surface area (Å²) in [6, 6.07) is -0.817. The molecule has 0 aromatic rings. The summed E-state index contributed by atoms with van der Waals surface area (Å²) in [6.45, 7) is 0.189. The molecule has 3 aliphatic rings. The van der Waals surface area contributed by atoms with E-state index in [0.717, 1.165) is 37.1 Å². The predicted octanol–water partition coefficient (Wildman–Crippen LogP) is 1.47.